The van der Waals surface area contributed by atoms with E-state index in [1.807, 2.05) is 48.2 Å². The van der Waals surface area contributed by atoms with Crippen molar-refractivity contribution in [3.8, 4) is 5.75 Å². The summed E-state index contributed by atoms with van der Waals surface area (Å²) in [5.74, 6) is 0.893. The first-order chi connectivity index (χ1) is 11.1. The second-order valence-electron chi connectivity index (χ2n) is 6.00. The third-order valence-electron chi connectivity index (χ3n) is 4.51. The second kappa shape index (κ2) is 6.32. The van der Waals surface area contributed by atoms with Crippen LogP contribution in [0.1, 0.15) is 40.4 Å². The van der Waals surface area contributed by atoms with Crippen molar-refractivity contribution in [2.24, 2.45) is 0 Å². The quantitative estimate of drug-likeness (QED) is 0.882. The smallest absolute Gasteiger partial charge is 0.254 e. The summed E-state index contributed by atoms with van der Waals surface area (Å²) in [6, 6.07) is 13.6. The summed E-state index contributed by atoms with van der Waals surface area (Å²) in [7, 11) is 1.66. The maximum Gasteiger partial charge on any atom is 0.254 e. The van der Waals surface area contributed by atoms with Crippen LogP contribution in [0.4, 0.5) is 5.69 Å². The van der Waals surface area contributed by atoms with E-state index in [9.17, 15) is 4.79 Å². The lowest BCUT2D eigenvalue weighted by atomic mass is 10.0. The van der Waals surface area contributed by atoms with Crippen LogP contribution in [0.2, 0.25) is 0 Å². The Kier molecular flexibility index (Phi) is 4.24. The van der Waals surface area contributed by atoms with Gasteiger partial charge in [0, 0.05) is 17.8 Å². The van der Waals surface area contributed by atoms with Crippen LogP contribution >= 0.6 is 0 Å². The van der Waals surface area contributed by atoms with E-state index in [4.69, 9.17) is 10.5 Å². The number of carbonyl (C=O) groups is 1. The van der Waals surface area contributed by atoms with Gasteiger partial charge in [-0.05, 0) is 55.2 Å². The molecule has 0 radical (unpaired) electrons. The Labute approximate surface area is 136 Å². The van der Waals surface area contributed by atoms with Crippen molar-refractivity contribution in [2.45, 2.75) is 25.8 Å². The van der Waals surface area contributed by atoms with Gasteiger partial charge in [0.15, 0.2) is 0 Å². The highest BCUT2D eigenvalue weighted by Gasteiger charge is 2.31. The summed E-state index contributed by atoms with van der Waals surface area (Å²) in [5, 5.41) is 0. The second-order valence-corrected chi connectivity index (χ2v) is 6.00. The number of anilines is 1. The third kappa shape index (κ3) is 3.02. The van der Waals surface area contributed by atoms with Crippen LogP contribution < -0.4 is 10.5 Å². The maximum absolute atomic E-state index is 13.0. The van der Waals surface area contributed by atoms with Crippen LogP contribution in [-0.4, -0.2) is 24.5 Å². The van der Waals surface area contributed by atoms with Gasteiger partial charge in [-0.15, -0.1) is 0 Å². The number of carbonyl (C=O) groups excluding carboxylic acids is 1. The van der Waals surface area contributed by atoms with Crippen LogP contribution in [0.3, 0.4) is 0 Å². The van der Waals surface area contributed by atoms with E-state index < -0.39 is 0 Å². The van der Waals surface area contributed by atoms with Crippen molar-refractivity contribution in [3.63, 3.8) is 0 Å². The van der Waals surface area contributed by atoms with Crippen LogP contribution in [0.5, 0.6) is 5.75 Å². The lowest BCUT2D eigenvalue weighted by Gasteiger charge is -2.26. The molecule has 1 aliphatic rings. The molecule has 4 nitrogen and oxygen atoms in total. The van der Waals surface area contributed by atoms with Crippen molar-refractivity contribution >= 4 is 11.6 Å². The van der Waals surface area contributed by atoms with Gasteiger partial charge in [-0.25, -0.2) is 0 Å². The summed E-state index contributed by atoms with van der Waals surface area (Å²) in [4.78, 5) is 14.9. The number of nitrogens with two attached hydrogens (primary N) is 1. The number of ether oxygens (including phenoxy) is 1. The highest BCUT2D eigenvalue weighted by Crippen LogP contribution is 2.34. The SMILES string of the molecule is COc1ccc(C2CCCN2C(=O)c2cc(N)ccc2C)cc1. The molecule has 0 spiro atoms. The Morgan fingerprint density at radius 2 is 1.96 bits per heavy atom. The summed E-state index contributed by atoms with van der Waals surface area (Å²) < 4.78 is 5.21. The van der Waals surface area contributed by atoms with E-state index in [2.05, 4.69) is 0 Å². The highest BCUT2D eigenvalue weighted by molar-refractivity contribution is 5.97. The molecule has 1 heterocycles. The molecule has 1 atom stereocenters. The van der Waals surface area contributed by atoms with Gasteiger partial charge in [-0.1, -0.05) is 18.2 Å². The number of hydrogen-bond donors (Lipinski definition) is 1. The van der Waals surface area contributed by atoms with Crippen LogP contribution in [-0.2, 0) is 0 Å². The fraction of sp³-hybridized carbons (Fsp3) is 0.316. The Morgan fingerprint density at radius 3 is 2.65 bits per heavy atom. The number of methoxy groups -OCH3 is 1. The molecule has 2 aromatic carbocycles. The van der Waals surface area contributed by atoms with Gasteiger partial charge in [-0.3, -0.25) is 4.79 Å². The minimum Gasteiger partial charge on any atom is -0.497 e. The van der Waals surface area contributed by atoms with E-state index in [1.54, 1.807) is 13.2 Å². The molecule has 1 saturated heterocycles. The largest absolute Gasteiger partial charge is 0.497 e. The minimum absolute atomic E-state index is 0.0631. The molecule has 4 heteroatoms. The number of nitrogen functional groups attached to an aromatic ring is 1. The maximum atomic E-state index is 13.0. The molecule has 23 heavy (non-hydrogen) atoms. The molecular formula is C19H22N2O2. The number of hydrogen-bond acceptors (Lipinski definition) is 3. The van der Waals surface area contributed by atoms with Crippen molar-refractivity contribution in [1.82, 2.24) is 4.90 Å². The summed E-state index contributed by atoms with van der Waals surface area (Å²) >= 11 is 0. The monoisotopic (exact) mass is 310 g/mol. The van der Waals surface area contributed by atoms with E-state index in [1.165, 1.54) is 0 Å². The van der Waals surface area contributed by atoms with Crippen molar-refractivity contribution < 1.29 is 9.53 Å². The molecule has 120 valence electrons. The Bertz CT molecular complexity index is 710. The molecule has 0 saturated carbocycles. The van der Waals surface area contributed by atoms with Crippen LogP contribution in [0.25, 0.3) is 0 Å². The van der Waals surface area contributed by atoms with Gasteiger partial charge in [-0.2, -0.15) is 0 Å². The Hall–Kier alpha value is -2.49. The summed E-state index contributed by atoms with van der Waals surface area (Å²) in [6.07, 6.45) is 2.00. The number of amides is 1. The number of aryl methyl sites for hydroxylation is 1. The fourth-order valence-electron chi connectivity index (χ4n) is 3.21. The van der Waals surface area contributed by atoms with E-state index in [0.717, 1.165) is 36.3 Å². The Balaban J connectivity index is 1.88. The average Bonchev–Trinajstić information content (AvgIpc) is 3.06. The zero-order valence-corrected chi connectivity index (χ0v) is 13.6. The van der Waals surface area contributed by atoms with Gasteiger partial charge >= 0.3 is 0 Å². The van der Waals surface area contributed by atoms with Crippen molar-refractivity contribution in [2.75, 3.05) is 19.4 Å². The van der Waals surface area contributed by atoms with Crippen LogP contribution in [0.15, 0.2) is 42.5 Å². The molecule has 1 amide bonds. The van der Waals surface area contributed by atoms with Crippen LogP contribution in [0, 0.1) is 6.92 Å². The van der Waals surface area contributed by atoms with Gasteiger partial charge < -0.3 is 15.4 Å². The predicted molar refractivity (Wildman–Crippen MR) is 91.6 cm³/mol. The molecule has 1 fully saturated rings. The number of nitrogens with zero attached hydrogens (tertiary/aromatic N) is 1. The standard InChI is InChI=1S/C19H22N2O2/c1-13-5-8-15(20)12-17(13)19(22)21-11-3-4-18(21)14-6-9-16(23-2)10-7-14/h5-10,12,18H,3-4,11,20H2,1-2H3. The molecule has 0 aliphatic carbocycles. The van der Waals surface area contributed by atoms with Gasteiger partial charge in [0.05, 0.1) is 13.2 Å². The summed E-state index contributed by atoms with van der Waals surface area (Å²) in [6.45, 7) is 2.73. The molecule has 2 N–H and O–H groups in total. The van der Waals surface area contributed by atoms with Crippen molar-refractivity contribution in [1.29, 1.82) is 0 Å². The molecule has 1 aliphatic heterocycles. The van der Waals surface area contributed by atoms with Gasteiger partial charge in [0.1, 0.15) is 5.75 Å². The zero-order chi connectivity index (χ0) is 16.4. The molecule has 3 rings (SSSR count). The highest BCUT2D eigenvalue weighted by atomic mass is 16.5. The normalized spacial score (nSPS) is 17.3. The number of likely N-dealkylation sites (tertiary alicyclic amines) is 1. The van der Waals surface area contributed by atoms with Crippen molar-refractivity contribution in [3.05, 3.63) is 59.2 Å². The predicted octanol–water partition coefficient (Wildman–Crippen LogP) is 3.56. The number of benzene rings is 2. The van der Waals surface area contributed by atoms with E-state index >= 15 is 0 Å². The Morgan fingerprint density at radius 1 is 1.22 bits per heavy atom. The molecular weight excluding hydrogens is 288 g/mol. The average molecular weight is 310 g/mol. The third-order valence-corrected chi connectivity index (χ3v) is 4.51. The molecule has 1 unspecified atom stereocenters. The lowest BCUT2D eigenvalue weighted by Crippen LogP contribution is -2.31. The topological polar surface area (TPSA) is 55.6 Å². The van der Waals surface area contributed by atoms with Gasteiger partial charge in [0.2, 0.25) is 0 Å². The lowest BCUT2D eigenvalue weighted by molar-refractivity contribution is 0.0735. The first kappa shape index (κ1) is 15.4. The minimum atomic E-state index is 0.0631. The van der Waals surface area contributed by atoms with Gasteiger partial charge in [0.25, 0.3) is 5.91 Å². The zero-order valence-electron chi connectivity index (χ0n) is 13.6. The number of rotatable bonds is 3. The summed E-state index contributed by atoms with van der Waals surface area (Å²) in [5.41, 5.74) is 9.29. The first-order valence-electron chi connectivity index (χ1n) is 7.91. The molecule has 0 aromatic heterocycles. The molecule has 0 bridgehead atoms. The van der Waals surface area contributed by atoms with E-state index in [0.29, 0.717) is 11.3 Å². The molecule has 2 aromatic rings. The van der Waals surface area contributed by atoms with E-state index in [-0.39, 0.29) is 11.9 Å². The first-order valence-corrected chi connectivity index (χ1v) is 7.91. The fourth-order valence-corrected chi connectivity index (χ4v) is 3.21.